The van der Waals surface area contributed by atoms with Gasteiger partial charge in [0.2, 0.25) is 5.91 Å². The van der Waals surface area contributed by atoms with Gasteiger partial charge in [-0.05, 0) is 31.4 Å². The number of hydrogen-bond acceptors (Lipinski definition) is 2. The first-order chi connectivity index (χ1) is 10.5. The molecule has 0 bridgehead atoms. The fourth-order valence-corrected chi connectivity index (χ4v) is 3.14. The molecule has 2 aliphatic rings. The van der Waals surface area contributed by atoms with Crippen LogP contribution in [0.25, 0.3) is 0 Å². The quantitative estimate of drug-likeness (QED) is 0.895. The molecule has 22 heavy (non-hydrogen) atoms. The highest BCUT2D eigenvalue weighted by Gasteiger charge is 2.39. The molecule has 1 aromatic rings. The van der Waals surface area contributed by atoms with Crippen LogP contribution in [0.4, 0.5) is 10.5 Å². The van der Waals surface area contributed by atoms with E-state index in [0.717, 1.165) is 24.9 Å². The Morgan fingerprint density at radius 2 is 2.18 bits per heavy atom. The minimum atomic E-state index is -0.284. The molecule has 1 saturated heterocycles. The first-order valence-electron chi connectivity index (χ1n) is 7.64. The molecule has 0 radical (unpaired) electrons. The van der Waals surface area contributed by atoms with Gasteiger partial charge in [0.05, 0.1) is 10.7 Å². The van der Waals surface area contributed by atoms with E-state index in [4.69, 9.17) is 11.6 Å². The Morgan fingerprint density at radius 3 is 2.86 bits per heavy atom. The molecular weight excluding hydrogens is 302 g/mol. The van der Waals surface area contributed by atoms with Gasteiger partial charge in [-0.3, -0.25) is 4.79 Å². The zero-order valence-electron chi connectivity index (χ0n) is 12.6. The number of rotatable bonds is 4. The number of anilines is 1. The van der Waals surface area contributed by atoms with Crippen molar-refractivity contribution in [3.63, 3.8) is 0 Å². The number of halogens is 1. The second-order valence-corrected chi connectivity index (χ2v) is 6.52. The largest absolute Gasteiger partial charge is 0.339 e. The first kappa shape index (κ1) is 15.2. The second-order valence-electron chi connectivity index (χ2n) is 6.11. The van der Waals surface area contributed by atoms with Crippen molar-refractivity contribution in [2.75, 3.05) is 18.4 Å². The Morgan fingerprint density at radius 1 is 1.41 bits per heavy atom. The van der Waals surface area contributed by atoms with E-state index in [1.54, 1.807) is 6.07 Å². The minimum Gasteiger partial charge on any atom is -0.339 e. The first-order valence-corrected chi connectivity index (χ1v) is 8.02. The predicted molar refractivity (Wildman–Crippen MR) is 86.1 cm³/mol. The molecule has 1 unspecified atom stereocenters. The van der Waals surface area contributed by atoms with Gasteiger partial charge in [0.15, 0.2) is 0 Å². The molecular formula is C16H20ClN3O2. The lowest BCUT2D eigenvalue weighted by Crippen LogP contribution is -2.34. The second kappa shape index (κ2) is 6.16. The standard InChI is InChI=1S/C16H20ClN3O2/c1-10-3-2-4-13(17)15(10)19-16(22)18-8-11-7-14(21)20(9-11)12-5-6-12/h2-4,11-12H,5-9H2,1H3,(H2,18,19,22). The third kappa shape index (κ3) is 3.35. The molecule has 1 saturated carbocycles. The Balaban J connectivity index is 1.49. The zero-order valence-corrected chi connectivity index (χ0v) is 13.3. The van der Waals surface area contributed by atoms with Gasteiger partial charge in [0, 0.05) is 31.5 Å². The van der Waals surface area contributed by atoms with Gasteiger partial charge in [-0.2, -0.15) is 0 Å². The highest BCUT2D eigenvalue weighted by Crippen LogP contribution is 2.32. The fourth-order valence-electron chi connectivity index (χ4n) is 2.87. The molecule has 5 nitrogen and oxygen atoms in total. The monoisotopic (exact) mass is 321 g/mol. The average molecular weight is 322 g/mol. The van der Waals surface area contributed by atoms with Crippen LogP contribution in [-0.4, -0.2) is 36.0 Å². The van der Waals surface area contributed by atoms with Crippen LogP contribution in [-0.2, 0) is 4.79 Å². The van der Waals surface area contributed by atoms with Gasteiger partial charge >= 0.3 is 6.03 Å². The van der Waals surface area contributed by atoms with Crippen LogP contribution in [0.2, 0.25) is 5.02 Å². The summed E-state index contributed by atoms with van der Waals surface area (Å²) in [7, 11) is 0. The van der Waals surface area contributed by atoms with Crippen LogP contribution >= 0.6 is 11.6 Å². The van der Waals surface area contributed by atoms with E-state index in [2.05, 4.69) is 10.6 Å². The normalized spacial score (nSPS) is 21.1. The van der Waals surface area contributed by atoms with Crippen LogP contribution in [0, 0.1) is 12.8 Å². The Bertz CT molecular complexity index is 581. The number of likely N-dealkylation sites (tertiary alicyclic amines) is 1. The lowest BCUT2D eigenvalue weighted by molar-refractivity contribution is -0.128. The SMILES string of the molecule is Cc1cccc(Cl)c1NC(=O)NCC1CC(=O)N(C2CC2)C1. The van der Waals surface area contributed by atoms with Gasteiger partial charge < -0.3 is 15.5 Å². The highest BCUT2D eigenvalue weighted by atomic mass is 35.5. The van der Waals surface area contributed by atoms with Crippen molar-refractivity contribution in [1.29, 1.82) is 0 Å². The van der Waals surface area contributed by atoms with Gasteiger partial charge in [-0.1, -0.05) is 23.7 Å². The summed E-state index contributed by atoms with van der Waals surface area (Å²) in [5, 5.41) is 6.14. The van der Waals surface area contributed by atoms with Crippen molar-refractivity contribution >= 4 is 29.2 Å². The summed E-state index contributed by atoms with van der Waals surface area (Å²) < 4.78 is 0. The van der Waals surface area contributed by atoms with Gasteiger partial charge in [-0.25, -0.2) is 4.79 Å². The molecule has 1 heterocycles. The van der Waals surface area contributed by atoms with Crippen LogP contribution < -0.4 is 10.6 Å². The number of nitrogens with zero attached hydrogens (tertiary/aromatic N) is 1. The van der Waals surface area contributed by atoms with E-state index in [1.807, 2.05) is 24.0 Å². The molecule has 1 aliphatic heterocycles. The van der Waals surface area contributed by atoms with E-state index in [-0.39, 0.29) is 17.9 Å². The number of hydrogen-bond donors (Lipinski definition) is 2. The lowest BCUT2D eigenvalue weighted by Gasteiger charge is -2.16. The van der Waals surface area contributed by atoms with Crippen LogP contribution in [0.5, 0.6) is 0 Å². The molecule has 0 spiro atoms. The highest BCUT2D eigenvalue weighted by molar-refractivity contribution is 6.33. The number of aryl methyl sites for hydroxylation is 1. The Kier molecular flexibility index (Phi) is 4.25. The van der Waals surface area contributed by atoms with Gasteiger partial charge in [0.1, 0.15) is 0 Å². The molecule has 1 aliphatic carbocycles. The molecule has 1 atom stereocenters. The maximum Gasteiger partial charge on any atom is 0.319 e. The molecule has 3 amide bonds. The van der Waals surface area contributed by atoms with Crippen molar-refractivity contribution in [1.82, 2.24) is 10.2 Å². The van der Waals surface area contributed by atoms with Crippen molar-refractivity contribution in [2.45, 2.75) is 32.2 Å². The number of para-hydroxylation sites is 1. The number of urea groups is 1. The molecule has 118 valence electrons. The minimum absolute atomic E-state index is 0.200. The predicted octanol–water partition coefficient (Wildman–Crippen LogP) is 2.78. The summed E-state index contributed by atoms with van der Waals surface area (Å²) in [5.74, 6) is 0.419. The smallest absolute Gasteiger partial charge is 0.319 e. The topological polar surface area (TPSA) is 61.4 Å². The molecule has 2 N–H and O–H groups in total. The molecule has 2 fully saturated rings. The summed E-state index contributed by atoms with van der Waals surface area (Å²) in [6.07, 6.45) is 2.78. The van der Waals surface area contributed by atoms with E-state index in [9.17, 15) is 9.59 Å². The van der Waals surface area contributed by atoms with Crippen LogP contribution in [0.3, 0.4) is 0 Å². The number of amides is 3. The number of carbonyl (C=O) groups excluding carboxylic acids is 2. The third-order valence-electron chi connectivity index (χ3n) is 4.24. The number of benzene rings is 1. The Hall–Kier alpha value is -1.75. The van der Waals surface area contributed by atoms with Crippen LogP contribution in [0.1, 0.15) is 24.8 Å². The van der Waals surface area contributed by atoms with Crippen LogP contribution in [0.15, 0.2) is 18.2 Å². The maximum absolute atomic E-state index is 12.0. The number of nitrogens with one attached hydrogen (secondary N) is 2. The third-order valence-corrected chi connectivity index (χ3v) is 4.55. The summed E-state index contributed by atoms with van der Waals surface area (Å²) >= 11 is 6.09. The van der Waals surface area contributed by atoms with E-state index in [1.165, 1.54) is 0 Å². The zero-order chi connectivity index (χ0) is 15.7. The molecule has 6 heteroatoms. The van der Waals surface area contributed by atoms with Gasteiger partial charge in [-0.15, -0.1) is 0 Å². The van der Waals surface area contributed by atoms with Crippen molar-refractivity contribution in [3.8, 4) is 0 Å². The fraction of sp³-hybridized carbons (Fsp3) is 0.500. The van der Waals surface area contributed by atoms with Crippen molar-refractivity contribution in [2.24, 2.45) is 5.92 Å². The van der Waals surface area contributed by atoms with Gasteiger partial charge in [0.25, 0.3) is 0 Å². The lowest BCUT2D eigenvalue weighted by atomic mass is 10.1. The number of carbonyl (C=O) groups is 2. The summed E-state index contributed by atoms with van der Waals surface area (Å²) in [6, 6.07) is 5.65. The molecule has 3 rings (SSSR count). The molecule has 0 aromatic heterocycles. The van der Waals surface area contributed by atoms with Crippen molar-refractivity contribution in [3.05, 3.63) is 28.8 Å². The summed E-state index contributed by atoms with van der Waals surface area (Å²) in [6.45, 7) is 3.16. The van der Waals surface area contributed by atoms with E-state index < -0.39 is 0 Å². The maximum atomic E-state index is 12.0. The van der Waals surface area contributed by atoms with E-state index in [0.29, 0.717) is 29.7 Å². The summed E-state index contributed by atoms with van der Waals surface area (Å²) in [4.78, 5) is 25.8. The van der Waals surface area contributed by atoms with E-state index >= 15 is 0 Å². The summed E-state index contributed by atoms with van der Waals surface area (Å²) in [5.41, 5.74) is 1.54. The van der Waals surface area contributed by atoms with Crippen molar-refractivity contribution < 1.29 is 9.59 Å². The average Bonchev–Trinajstić information content (AvgIpc) is 3.24. The Labute approximate surface area is 135 Å². The molecule has 1 aromatic carbocycles.